The van der Waals surface area contributed by atoms with E-state index < -0.39 is 20.0 Å². The van der Waals surface area contributed by atoms with Crippen molar-refractivity contribution in [3.05, 3.63) is 29.8 Å². The minimum Gasteiger partial charge on any atom is -0.384 e. The van der Waals surface area contributed by atoms with Gasteiger partial charge in [-0.15, -0.1) is 0 Å². The molecule has 0 spiro atoms. The molecule has 9 heteroatoms. The molecule has 0 radical (unpaired) electrons. The monoisotopic (exact) mass is 336 g/mol. The van der Waals surface area contributed by atoms with Crippen LogP contribution < -0.4 is 9.86 Å². The molecule has 120 valence electrons. The van der Waals surface area contributed by atoms with Crippen LogP contribution in [-0.2, 0) is 31.2 Å². The average Bonchev–Trinajstić information content (AvgIpc) is 2.41. The van der Waals surface area contributed by atoms with Crippen LogP contribution in [0.25, 0.3) is 0 Å². The molecule has 0 amide bonds. The van der Waals surface area contributed by atoms with Gasteiger partial charge in [-0.3, -0.25) is 0 Å². The maximum Gasteiger partial charge on any atom is 0.238 e. The number of hydrogen-bond acceptors (Lipinski definition) is 5. The first-order valence-electron chi connectivity index (χ1n) is 6.32. The smallest absolute Gasteiger partial charge is 0.238 e. The maximum atomic E-state index is 11.5. The molecule has 0 saturated carbocycles. The van der Waals surface area contributed by atoms with Gasteiger partial charge in [0.05, 0.1) is 17.3 Å². The first-order valence-corrected chi connectivity index (χ1v) is 9.52. The third-order valence-corrected chi connectivity index (χ3v) is 5.05. The molecule has 0 unspecified atom stereocenters. The zero-order valence-corrected chi connectivity index (χ0v) is 13.4. The number of aryl methyl sites for hydroxylation is 1. The lowest BCUT2D eigenvalue weighted by molar-refractivity contribution is 0.217. The van der Waals surface area contributed by atoms with E-state index in [-0.39, 0.29) is 17.3 Å². The molecule has 1 rings (SSSR count). The summed E-state index contributed by atoms with van der Waals surface area (Å²) in [7, 11) is -5.53. The van der Waals surface area contributed by atoms with Crippen molar-refractivity contribution in [2.45, 2.75) is 17.7 Å². The topological polar surface area (TPSA) is 116 Å². The number of ether oxygens (including phenoxy) is 1. The van der Waals surface area contributed by atoms with Gasteiger partial charge in [0.1, 0.15) is 0 Å². The molecule has 21 heavy (non-hydrogen) atoms. The van der Waals surface area contributed by atoms with Gasteiger partial charge in [0.25, 0.3) is 0 Å². The molecule has 0 aliphatic carbocycles. The number of hydrogen-bond donors (Lipinski definition) is 2. The van der Waals surface area contributed by atoms with Crippen molar-refractivity contribution in [1.29, 1.82) is 0 Å². The van der Waals surface area contributed by atoms with Crippen molar-refractivity contribution in [3.8, 4) is 0 Å². The molecular formula is C12H20N2O5S2. The molecule has 0 fully saturated rings. The number of nitrogens with two attached hydrogens (primary N) is 1. The Balaban J connectivity index is 2.40. The van der Waals surface area contributed by atoms with Crippen LogP contribution in [-0.4, -0.2) is 42.8 Å². The standard InChI is InChI=1S/C12H20N2O5S2/c1-19-9-10-20(15,16)14-8-2-3-11-4-6-12(7-5-11)21(13,17)18/h4-7,14H,2-3,8-10H2,1H3,(H2,13,17,18). The molecule has 0 aliphatic heterocycles. The molecular weight excluding hydrogens is 316 g/mol. The SMILES string of the molecule is COCCS(=O)(=O)NCCCc1ccc(S(N)(=O)=O)cc1. The fourth-order valence-corrected chi connectivity index (χ4v) is 3.13. The summed E-state index contributed by atoms with van der Waals surface area (Å²) < 4.78 is 52.3. The summed E-state index contributed by atoms with van der Waals surface area (Å²) in [5, 5.41) is 5.00. The van der Waals surface area contributed by atoms with Crippen molar-refractivity contribution >= 4 is 20.0 Å². The van der Waals surface area contributed by atoms with E-state index in [4.69, 9.17) is 9.88 Å². The van der Waals surface area contributed by atoms with E-state index in [1.807, 2.05) is 0 Å². The number of rotatable bonds is 9. The number of primary sulfonamides is 1. The fourth-order valence-electron chi connectivity index (χ4n) is 1.63. The first kappa shape index (κ1) is 18.1. The molecule has 3 N–H and O–H groups in total. The predicted octanol–water partition coefficient (Wildman–Crippen LogP) is -0.168. The average molecular weight is 336 g/mol. The molecule has 0 aliphatic rings. The minimum atomic E-state index is -3.68. The van der Waals surface area contributed by atoms with Crippen LogP contribution in [0.2, 0.25) is 0 Å². The second-order valence-electron chi connectivity index (χ2n) is 4.50. The van der Waals surface area contributed by atoms with E-state index in [1.165, 1.54) is 19.2 Å². The summed E-state index contributed by atoms with van der Waals surface area (Å²) in [6.45, 7) is 0.480. The van der Waals surface area contributed by atoms with Crippen LogP contribution in [0.4, 0.5) is 0 Å². The highest BCUT2D eigenvalue weighted by atomic mass is 32.2. The molecule has 0 atom stereocenters. The van der Waals surface area contributed by atoms with Gasteiger partial charge < -0.3 is 4.74 Å². The summed E-state index contributed by atoms with van der Waals surface area (Å²) in [5.74, 6) is -0.0629. The lowest BCUT2D eigenvalue weighted by atomic mass is 10.1. The van der Waals surface area contributed by atoms with Crippen LogP contribution in [0.15, 0.2) is 29.2 Å². The Bertz CT molecular complexity index is 639. The van der Waals surface area contributed by atoms with Gasteiger partial charge in [0, 0.05) is 13.7 Å². The highest BCUT2D eigenvalue weighted by Crippen LogP contribution is 2.10. The third kappa shape index (κ3) is 7.00. The number of methoxy groups -OCH3 is 1. The Labute approximate surface area is 125 Å². The fraction of sp³-hybridized carbons (Fsp3) is 0.500. The van der Waals surface area contributed by atoms with E-state index in [9.17, 15) is 16.8 Å². The summed E-state index contributed by atoms with van der Waals surface area (Å²) in [4.78, 5) is 0.0616. The largest absolute Gasteiger partial charge is 0.384 e. The summed E-state index contributed by atoms with van der Waals surface area (Å²) in [6, 6.07) is 6.21. The molecule has 0 saturated heterocycles. The predicted molar refractivity (Wildman–Crippen MR) is 79.8 cm³/mol. The molecule has 1 aromatic carbocycles. The van der Waals surface area contributed by atoms with Crippen molar-refractivity contribution in [3.63, 3.8) is 0 Å². The Morgan fingerprint density at radius 1 is 1.14 bits per heavy atom. The normalized spacial score (nSPS) is 12.5. The van der Waals surface area contributed by atoms with Gasteiger partial charge in [0.15, 0.2) is 0 Å². The quantitative estimate of drug-likeness (QED) is 0.608. The van der Waals surface area contributed by atoms with E-state index >= 15 is 0 Å². The lowest BCUT2D eigenvalue weighted by Gasteiger charge is -2.06. The zero-order valence-electron chi connectivity index (χ0n) is 11.8. The summed E-state index contributed by atoms with van der Waals surface area (Å²) in [5.41, 5.74) is 0.915. The maximum absolute atomic E-state index is 11.5. The van der Waals surface area contributed by atoms with Gasteiger partial charge in [-0.25, -0.2) is 26.7 Å². The number of sulfonamides is 2. The van der Waals surface area contributed by atoms with E-state index in [0.29, 0.717) is 19.4 Å². The van der Waals surface area contributed by atoms with Crippen molar-refractivity contribution < 1.29 is 21.6 Å². The minimum absolute atomic E-state index is 0.0616. The highest BCUT2D eigenvalue weighted by molar-refractivity contribution is 7.89. The summed E-state index contributed by atoms with van der Waals surface area (Å²) in [6.07, 6.45) is 1.25. The van der Waals surface area contributed by atoms with Crippen LogP contribution in [0.3, 0.4) is 0 Å². The zero-order chi connectivity index (χ0) is 15.9. The molecule has 0 bridgehead atoms. The second-order valence-corrected chi connectivity index (χ2v) is 7.99. The Kier molecular flexibility index (Phi) is 6.75. The molecule has 1 aromatic rings. The Morgan fingerprint density at radius 2 is 1.76 bits per heavy atom. The van der Waals surface area contributed by atoms with E-state index in [2.05, 4.69) is 4.72 Å². The Hall–Kier alpha value is -1.00. The molecule has 7 nitrogen and oxygen atoms in total. The van der Waals surface area contributed by atoms with E-state index in [1.54, 1.807) is 12.1 Å². The van der Waals surface area contributed by atoms with Gasteiger partial charge in [-0.2, -0.15) is 0 Å². The second kappa shape index (κ2) is 7.85. The van der Waals surface area contributed by atoms with Crippen molar-refractivity contribution in [2.24, 2.45) is 5.14 Å². The van der Waals surface area contributed by atoms with Gasteiger partial charge in [-0.1, -0.05) is 12.1 Å². The number of benzene rings is 1. The van der Waals surface area contributed by atoms with Gasteiger partial charge in [0.2, 0.25) is 20.0 Å². The van der Waals surface area contributed by atoms with Crippen LogP contribution in [0, 0.1) is 0 Å². The van der Waals surface area contributed by atoms with Crippen LogP contribution >= 0.6 is 0 Å². The van der Waals surface area contributed by atoms with Gasteiger partial charge in [-0.05, 0) is 30.5 Å². The number of nitrogens with one attached hydrogen (secondary N) is 1. The van der Waals surface area contributed by atoms with Crippen LogP contribution in [0.1, 0.15) is 12.0 Å². The Morgan fingerprint density at radius 3 is 2.29 bits per heavy atom. The van der Waals surface area contributed by atoms with Gasteiger partial charge >= 0.3 is 0 Å². The highest BCUT2D eigenvalue weighted by Gasteiger charge is 2.09. The first-order chi connectivity index (χ1) is 9.74. The lowest BCUT2D eigenvalue weighted by Crippen LogP contribution is -2.29. The molecule has 0 heterocycles. The molecule has 0 aromatic heterocycles. The van der Waals surface area contributed by atoms with Crippen molar-refractivity contribution in [1.82, 2.24) is 4.72 Å². The van der Waals surface area contributed by atoms with Crippen LogP contribution in [0.5, 0.6) is 0 Å². The summed E-state index contributed by atoms with van der Waals surface area (Å²) >= 11 is 0. The third-order valence-electron chi connectivity index (χ3n) is 2.77. The van der Waals surface area contributed by atoms with Crippen molar-refractivity contribution in [2.75, 3.05) is 26.0 Å². The van der Waals surface area contributed by atoms with E-state index in [0.717, 1.165) is 5.56 Å².